The van der Waals surface area contributed by atoms with Crippen LogP contribution in [-0.2, 0) is 4.74 Å². The van der Waals surface area contributed by atoms with Crippen LogP contribution in [0.15, 0.2) is 24.3 Å². The quantitative estimate of drug-likeness (QED) is 0.654. The zero-order valence-electron chi connectivity index (χ0n) is 13.3. The van der Waals surface area contributed by atoms with E-state index in [1.165, 1.54) is 5.56 Å². The fraction of sp³-hybridized carbons (Fsp3) is 0.529. The van der Waals surface area contributed by atoms with E-state index in [1.54, 1.807) is 4.90 Å². The van der Waals surface area contributed by atoms with Crippen LogP contribution in [-0.4, -0.2) is 35.2 Å². The van der Waals surface area contributed by atoms with Gasteiger partial charge in [-0.3, -0.25) is 4.90 Å². The third-order valence-electron chi connectivity index (χ3n) is 3.80. The Kier molecular flexibility index (Phi) is 6.19. The number of nitrogens with one attached hydrogen (secondary N) is 1. The number of hydrogen-bond acceptors (Lipinski definition) is 3. The molecule has 0 aromatic heterocycles. The predicted molar refractivity (Wildman–Crippen MR) is 93.4 cm³/mol. The van der Waals surface area contributed by atoms with Gasteiger partial charge in [0.25, 0.3) is 0 Å². The average molecular weight is 320 g/mol. The molecule has 5 heteroatoms. The number of carbonyl (C=O) groups is 1. The summed E-state index contributed by atoms with van der Waals surface area (Å²) in [5, 5.41) is 3.26. The van der Waals surface area contributed by atoms with Crippen LogP contribution in [0.2, 0.25) is 0 Å². The Labute approximate surface area is 137 Å². The summed E-state index contributed by atoms with van der Waals surface area (Å²) in [5.41, 5.74) is 2.14. The molecule has 4 nitrogen and oxygen atoms in total. The number of hydrogen-bond donors (Lipinski definition) is 1. The van der Waals surface area contributed by atoms with Crippen molar-refractivity contribution in [2.75, 3.05) is 18.5 Å². The molecule has 0 radical (unpaired) electrons. The van der Waals surface area contributed by atoms with E-state index >= 15 is 0 Å². The van der Waals surface area contributed by atoms with Crippen molar-refractivity contribution in [1.29, 1.82) is 0 Å². The van der Waals surface area contributed by atoms with E-state index in [9.17, 15) is 4.79 Å². The maximum Gasteiger partial charge on any atom is 0.410 e. The first kappa shape index (κ1) is 16.7. The van der Waals surface area contributed by atoms with Crippen LogP contribution in [0.5, 0.6) is 0 Å². The Morgan fingerprint density at radius 3 is 3.05 bits per heavy atom. The summed E-state index contributed by atoms with van der Waals surface area (Å²) in [5.74, 6) is 0. The number of amides is 1. The number of unbranched alkanes of at least 4 members (excludes halogenated alkanes) is 1. The molecule has 0 saturated carbocycles. The topological polar surface area (TPSA) is 41.6 Å². The molecule has 1 aromatic rings. The monoisotopic (exact) mass is 320 g/mol. The Bertz CT molecular complexity index is 533. The highest BCUT2D eigenvalue weighted by Crippen LogP contribution is 2.21. The van der Waals surface area contributed by atoms with Gasteiger partial charge in [0, 0.05) is 12.2 Å². The summed E-state index contributed by atoms with van der Waals surface area (Å²) in [6.45, 7) is 5.32. The molecule has 1 N–H and O–H groups in total. The molecule has 22 heavy (non-hydrogen) atoms. The molecular weight excluding hydrogens is 296 g/mol. The number of nitrogens with zero attached hydrogens (tertiary/aromatic N) is 1. The molecule has 0 spiro atoms. The number of carbonyl (C=O) groups excluding carboxylic acids is 1. The minimum Gasteiger partial charge on any atom is -0.449 e. The van der Waals surface area contributed by atoms with Crippen LogP contribution in [0, 0.1) is 6.92 Å². The molecule has 2 rings (SSSR count). The molecule has 1 heterocycles. The second-order valence-electron chi connectivity index (χ2n) is 5.68. The van der Waals surface area contributed by atoms with Gasteiger partial charge in [-0.15, -0.1) is 0 Å². The minimum absolute atomic E-state index is 0.0651. The van der Waals surface area contributed by atoms with Gasteiger partial charge in [-0.1, -0.05) is 37.7 Å². The highest BCUT2D eigenvalue weighted by Gasteiger charge is 2.32. The van der Waals surface area contributed by atoms with Crippen molar-refractivity contribution in [2.45, 2.75) is 45.6 Å². The number of rotatable bonds is 5. The maximum absolute atomic E-state index is 12.2. The number of benzene rings is 1. The van der Waals surface area contributed by atoms with Crippen molar-refractivity contribution in [3.63, 3.8) is 0 Å². The SMILES string of the molecule is CCCCOC(=O)N1CCCC1C(=S)Nc1cccc(C)c1. The van der Waals surface area contributed by atoms with Gasteiger partial charge in [0.2, 0.25) is 0 Å². The van der Waals surface area contributed by atoms with Gasteiger partial charge < -0.3 is 10.1 Å². The highest BCUT2D eigenvalue weighted by atomic mass is 32.1. The average Bonchev–Trinajstić information content (AvgIpc) is 2.97. The number of ether oxygens (including phenoxy) is 1. The summed E-state index contributed by atoms with van der Waals surface area (Å²) in [7, 11) is 0. The summed E-state index contributed by atoms with van der Waals surface area (Å²) in [4.78, 5) is 14.6. The molecule has 0 bridgehead atoms. The lowest BCUT2D eigenvalue weighted by Gasteiger charge is -2.25. The Morgan fingerprint density at radius 1 is 1.50 bits per heavy atom. The lowest BCUT2D eigenvalue weighted by molar-refractivity contribution is 0.104. The smallest absolute Gasteiger partial charge is 0.410 e. The standard InChI is InChI=1S/C17H24N2O2S/c1-3-4-11-21-17(20)19-10-6-9-15(19)16(22)18-14-8-5-7-13(2)12-14/h5,7-8,12,15H,3-4,6,9-11H2,1-2H3,(H,18,22). The van der Waals surface area contributed by atoms with E-state index in [0.717, 1.165) is 31.4 Å². The zero-order chi connectivity index (χ0) is 15.9. The first-order valence-electron chi connectivity index (χ1n) is 7.92. The molecule has 1 aromatic carbocycles. The molecule has 1 fully saturated rings. The normalized spacial score (nSPS) is 17.4. The van der Waals surface area contributed by atoms with E-state index < -0.39 is 0 Å². The van der Waals surface area contributed by atoms with Gasteiger partial charge in [-0.05, 0) is 43.9 Å². The number of aryl methyl sites for hydroxylation is 1. The molecule has 1 atom stereocenters. The summed E-state index contributed by atoms with van der Waals surface area (Å²) in [6.07, 6.45) is 3.52. The fourth-order valence-electron chi connectivity index (χ4n) is 2.59. The number of anilines is 1. The highest BCUT2D eigenvalue weighted by molar-refractivity contribution is 7.80. The van der Waals surface area contributed by atoms with Crippen molar-refractivity contribution < 1.29 is 9.53 Å². The zero-order valence-corrected chi connectivity index (χ0v) is 14.1. The molecular formula is C17H24N2O2S. The van der Waals surface area contributed by atoms with Gasteiger partial charge in [0.1, 0.15) is 4.99 Å². The van der Waals surface area contributed by atoms with Crippen molar-refractivity contribution >= 4 is 29.0 Å². The molecule has 1 unspecified atom stereocenters. The second kappa shape index (κ2) is 8.13. The largest absolute Gasteiger partial charge is 0.449 e. The molecule has 1 aliphatic rings. The predicted octanol–water partition coefficient (Wildman–Crippen LogP) is 4.14. The Morgan fingerprint density at radius 2 is 2.32 bits per heavy atom. The van der Waals surface area contributed by atoms with Crippen molar-refractivity contribution in [2.24, 2.45) is 0 Å². The number of likely N-dealkylation sites (tertiary alicyclic amines) is 1. The summed E-state index contributed by atoms with van der Waals surface area (Å²) in [6, 6.07) is 8.00. The van der Waals surface area contributed by atoms with Gasteiger partial charge in [0.05, 0.1) is 12.6 Å². The van der Waals surface area contributed by atoms with Gasteiger partial charge >= 0.3 is 6.09 Å². The first-order valence-corrected chi connectivity index (χ1v) is 8.33. The minimum atomic E-state index is -0.246. The van der Waals surface area contributed by atoms with Crippen molar-refractivity contribution in [1.82, 2.24) is 4.90 Å². The first-order chi connectivity index (χ1) is 10.6. The Hall–Kier alpha value is -1.62. The summed E-state index contributed by atoms with van der Waals surface area (Å²) < 4.78 is 5.32. The van der Waals surface area contributed by atoms with Crippen molar-refractivity contribution in [3.8, 4) is 0 Å². The molecule has 0 aliphatic carbocycles. The third-order valence-corrected chi connectivity index (χ3v) is 4.17. The van der Waals surface area contributed by atoms with Crippen LogP contribution in [0.25, 0.3) is 0 Å². The number of thiocarbonyl (C=S) groups is 1. The summed E-state index contributed by atoms with van der Waals surface area (Å²) >= 11 is 5.51. The van der Waals surface area contributed by atoms with Crippen LogP contribution in [0.3, 0.4) is 0 Å². The van der Waals surface area contributed by atoms with Gasteiger partial charge in [-0.2, -0.15) is 0 Å². The third kappa shape index (κ3) is 4.44. The van der Waals surface area contributed by atoms with E-state index in [1.807, 2.05) is 31.2 Å². The van der Waals surface area contributed by atoms with Crippen LogP contribution in [0.4, 0.5) is 10.5 Å². The fourth-order valence-corrected chi connectivity index (χ4v) is 2.96. The van der Waals surface area contributed by atoms with Crippen LogP contribution in [0.1, 0.15) is 38.2 Å². The lowest BCUT2D eigenvalue weighted by Crippen LogP contribution is -2.42. The van der Waals surface area contributed by atoms with E-state index in [4.69, 9.17) is 17.0 Å². The van der Waals surface area contributed by atoms with Gasteiger partial charge in [-0.25, -0.2) is 4.79 Å². The van der Waals surface area contributed by atoms with Gasteiger partial charge in [0.15, 0.2) is 0 Å². The maximum atomic E-state index is 12.2. The molecule has 120 valence electrons. The van der Waals surface area contributed by atoms with Crippen LogP contribution >= 0.6 is 12.2 Å². The molecule has 1 saturated heterocycles. The lowest BCUT2D eigenvalue weighted by atomic mass is 10.2. The van der Waals surface area contributed by atoms with Crippen LogP contribution < -0.4 is 5.32 Å². The molecule has 1 amide bonds. The van der Waals surface area contributed by atoms with E-state index in [2.05, 4.69) is 12.2 Å². The molecule has 1 aliphatic heterocycles. The Balaban J connectivity index is 1.94. The van der Waals surface area contributed by atoms with E-state index in [-0.39, 0.29) is 12.1 Å². The second-order valence-corrected chi connectivity index (χ2v) is 6.12. The van der Waals surface area contributed by atoms with Crippen molar-refractivity contribution in [3.05, 3.63) is 29.8 Å². The van der Waals surface area contributed by atoms with E-state index in [0.29, 0.717) is 18.1 Å².